The Balaban J connectivity index is 1.51. The fourth-order valence-corrected chi connectivity index (χ4v) is 10.8. The molecule has 0 aromatic heterocycles. The molecule has 15 atom stereocenters. The van der Waals surface area contributed by atoms with Gasteiger partial charge in [-0.25, -0.2) is 9.59 Å². The molecule has 6 rings (SSSR count). The average Bonchev–Trinajstić information content (AvgIpc) is 3.38. The number of nitrogens with one attached hydrogen (secondary N) is 1. The SMILES string of the molecule is COC(=O)NC1C(C)OC(O[C@H]2C/C=C(\C)[C@@H]3C=C[C@@H]4[C@@H](O)[C@@H](C)C[C@H](C)[C@H]4[C@]3(C)C(O)=C3C(=O)O[C@]4(CC(C=O)=C[C@H](O)[C@H]4/C=C\2C)C3=O)CC1(C)N(O)O. The molecule has 6 N–H and O–H groups in total. The van der Waals surface area contributed by atoms with Gasteiger partial charge >= 0.3 is 12.1 Å². The van der Waals surface area contributed by atoms with E-state index in [0.29, 0.717) is 18.3 Å². The molecule has 0 aromatic rings. The number of fused-ring (bicyclic) bond motifs is 4. The summed E-state index contributed by atoms with van der Waals surface area (Å²) in [5, 5.41) is 59.0. The van der Waals surface area contributed by atoms with E-state index in [1.807, 2.05) is 45.9 Å². The van der Waals surface area contributed by atoms with Crippen molar-refractivity contribution in [3.63, 3.8) is 0 Å². The van der Waals surface area contributed by atoms with Gasteiger partial charge in [-0.2, -0.15) is 0 Å². The number of nitrogens with zero attached hydrogens (tertiary/aromatic N) is 1. The predicted octanol–water partition coefficient (Wildman–Crippen LogP) is 4.01. The number of methoxy groups -OCH3 is 1. The molecular formula is C41H56N2O13. The third kappa shape index (κ3) is 6.68. The Labute approximate surface area is 326 Å². The van der Waals surface area contributed by atoms with Gasteiger partial charge < -0.3 is 39.6 Å². The Bertz CT molecular complexity index is 1780. The molecule has 0 aromatic carbocycles. The van der Waals surface area contributed by atoms with Crippen molar-refractivity contribution in [2.45, 2.75) is 122 Å². The first-order valence-electron chi connectivity index (χ1n) is 19.4. The maximum Gasteiger partial charge on any atom is 0.407 e. The largest absolute Gasteiger partial charge is 0.511 e. The number of ketones is 1. The molecule has 15 heteroatoms. The highest BCUT2D eigenvalue weighted by atomic mass is 16.8. The number of aliphatic hydroxyl groups excluding tert-OH is 3. The number of esters is 1. The summed E-state index contributed by atoms with van der Waals surface area (Å²) in [5.41, 5.74) is -4.07. The molecule has 4 aliphatic carbocycles. The summed E-state index contributed by atoms with van der Waals surface area (Å²) in [7, 11) is 1.18. The minimum atomic E-state index is -2.08. The number of alkyl carbamates (subject to hydrolysis) is 1. The van der Waals surface area contributed by atoms with E-state index < -0.39 is 106 Å². The van der Waals surface area contributed by atoms with Crippen LogP contribution in [0.5, 0.6) is 0 Å². The van der Waals surface area contributed by atoms with Gasteiger partial charge in [0.1, 0.15) is 17.6 Å². The Morgan fingerprint density at radius 1 is 1.05 bits per heavy atom. The highest BCUT2D eigenvalue weighted by molar-refractivity contribution is 6.26. The lowest BCUT2D eigenvalue weighted by atomic mass is 9.49. The van der Waals surface area contributed by atoms with Crippen molar-refractivity contribution >= 4 is 24.1 Å². The van der Waals surface area contributed by atoms with Crippen LogP contribution in [0.15, 0.2) is 58.4 Å². The van der Waals surface area contributed by atoms with Crippen molar-refractivity contribution in [2.24, 2.45) is 40.9 Å². The standard InChI is InChI=1S/C41H56N2O13/c1-19-9-12-29(55-30-17-39(6,43(51)52)34(23(5)54-30)42-38(50)53-8)20(2)14-27-28(45)15-24(18-44)16-41(27)36(48)31(37(49)56-41)35(47)40(7)26(19)11-10-25-32(40)21(3)13-22(4)33(25)46/h9-11,14-15,18,21-23,25-30,32-34,45-47,51-52H,12-13,16-17H2,1-8H3,(H,42,50)/b19-9+,20-14-,35-31?/t21-,22-,23?,25-,26-,27+,28-,29-,30?,32+,33-,34?,39?,40+,41-/m0/s1. The highest BCUT2D eigenvalue weighted by Crippen LogP contribution is 2.60. The number of hydrogen-bond acceptors (Lipinski definition) is 14. The fraction of sp³-hybridized carbons (Fsp3) is 0.659. The molecular weight excluding hydrogens is 728 g/mol. The van der Waals surface area contributed by atoms with Gasteiger partial charge in [0.05, 0.1) is 49.0 Å². The second kappa shape index (κ2) is 15.2. The van der Waals surface area contributed by atoms with Crippen LogP contribution in [0.25, 0.3) is 0 Å². The molecule has 2 saturated heterocycles. The summed E-state index contributed by atoms with van der Waals surface area (Å²) in [6.45, 7) is 12.6. The smallest absolute Gasteiger partial charge is 0.407 e. The van der Waals surface area contributed by atoms with E-state index in [1.54, 1.807) is 19.9 Å². The topological polar surface area (TPSA) is 222 Å². The number of amides is 1. The zero-order valence-electron chi connectivity index (χ0n) is 33.2. The first-order chi connectivity index (χ1) is 26.2. The monoisotopic (exact) mass is 784 g/mol. The van der Waals surface area contributed by atoms with Crippen LogP contribution in [0.2, 0.25) is 0 Å². The van der Waals surface area contributed by atoms with Gasteiger partial charge in [0, 0.05) is 30.1 Å². The van der Waals surface area contributed by atoms with Crippen LogP contribution in [0.4, 0.5) is 4.79 Å². The van der Waals surface area contributed by atoms with E-state index in [-0.39, 0.29) is 41.9 Å². The highest BCUT2D eigenvalue weighted by Gasteiger charge is 2.64. The van der Waals surface area contributed by atoms with E-state index in [9.17, 15) is 44.9 Å². The lowest BCUT2D eigenvalue weighted by molar-refractivity contribution is -0.390. The van der Waals surface area contributed by atoms with Crippen LogP contribution in [0.3, 0.4) is 0 Å². The predicted molar refractivity (Wildman–Crippen MR) is 198 cm³/mol. The van der Waals surface area contributed by atoms with Gasteiger partial charge in [0.15, 0.2) is 11.9 Å². The Kier molecular flexibility index (Phi) is 11.4. The van der Waals surface area contributed by atoms with Gasteiger partial charge in [0.25, 0.3) is 0 Å². The average molecular weight is 785 g/mol. The van der Waals surface area contributed by atoms with Crippen molar-refractivity contribution in [2.75, 3.05) is 7.11 Å². The van der Waals surface area contributed by atoms with Gasteiger partial charge in [-0.05, 0) is 75.5 Å². The summed E-state index contributed by atoms with van der Waals surface area (Å²) in [4.78, 5) is 53.3. The summed E-state index contributed by atoms with van der Waals surface area (Å²) >= 11 is 0. The summed E-state index contributed by atoms with van der Waals surface area (Å²) in [6, 6.07) is -0.944. The molecule has 6 aliphatic rings. The minimum Gasteiger partial charge on any atom is -0.511 e. The second-order valence-corrected chi connectivity index (χ2v) is 17.3. The molecule has 2 aliphatic heterocycles. The maximum absolute atomic E-state index is 14.9. The number of aldehydes is 1. The van der Waals surface area contributed by atoms with E-state index in [4.69, 9.17) is 18.9 Å². The fourth-order valence-electron chi connectivity index (χ4n) is 10.8. The number of hydroxylamine groups is 2. The Morgan fingerprint density at radius 3 is 2.39 bits per heavy atom. The van der Waals surface area contributed by atoms with Crippen molar-refractivity contribution in [3.8, 4) is 0 Å². The van der Waals surface area contributed by atoms with Crippen LogP contribution in [0, 0.1) is 40.9 Å². The van der Waals surface area contributed by atoms with Crippen LogP contribution >= 0.6 is 0 Å². The molecule has 4 unspecified atom stereocenters. The van der Waals surface area contributed by atoms with Crippen LogP contribution in [-0.2, 0) is 33.3 Å². The van der Waals surface area contributed by atoms with Crippen molar-refractivity contribution in [1.29, 1.82) is 0 Å². The Morgan fingerprint density at radius 2 is 1.75 bits per heavy atom. The van der Waals surface area contributed by atoms with Gasteiger partial charge in [-0.1, -0.05) is 55.9 Å². The van der Waals surface area contributed by atoms with E-state index in [0.717, 1.165) is 5.57 Å². The third-order valence-electron chi connectivity index (χ3n) is 13.8. The second-order valence-electron chi connectivity index (χ2n) is 17.3. The van der Waals surface area contributed by atoms with Crippen LogP contribution < -0.4 is 5.32 Å². The molecule has 3 fully saturated rings. The van der Waals surface area contributed by atoms with E-state index in [2.05, 4.69) is 5.32 Å². The number of carbonyl (C=O) groups excluding carboxylic acids is 4. The molecule has 1 saturated carbocycles. The molecule has 15 nitrogen and oxygen atoms in total. The lowest BCUT2D eigenvalue weighted by Crippen LogP contribution is -2.68. The molecule has 56 heavy (non-hydrogen) atoms. The summed E-state index contributed by atoms with van der Waals surface area (Å²) in [6.07, 6.45) is 3.88. The molecule has 0 radical (unpaired) electrons. The summed E-state index contributed by atoms with van der Waals surface area (Å²) in [5.74, 6) is -5.02. The maximum atomic E-state index is 14.9. The quantitative estimate of drug-likeness (QED) is 0.0763. The minimum absolute atomic E-state index is 0.0178. The van der Waals surface area contributed by atoms with E-state index in [1.165, 1.54) is 20.1 Å². The number of carbonyl (C=O) groups is 4. The molecule has 308 valence electrons. The third-order valence-corrected chi connectivity index (χ3v) is 13.8. The Hall–Kier alpha value is -3.70. The summed E-state index contributed by atoms with van der Waals surface area (Å²) < 4.78 is 23.6. The van der Waals surface area contributed by atoms with Gasteiger partial charge in [-0.3, -0.25) is 20.0 Å². The number of allylic oxidation sites excluding steroid dienone is 3. The van der Waals surface area contributed by atoms with Gasteiger partial charge in [-0.15, -0.1) is 0 Å². The van der Waals surface area contributed by atoms with Crippen molar-refractivity contribution < 1.29 is 63.9 Å². The van der Waals surface area contributed by atoms with Crippen LogP contribution in [0.1, 0.15) is 74.1 Å². The molecule has 2 heterocycles. The number of aliphatic hydroxyl groups is 3. The van der Waals surface area contributed by atoms with Crippen molar-refractivity contribution in [3.05, 3.63) is 58.4 Å². The van der Waals surface area contributed by atoms with E-state index >= 15 is 0 Å². The number of hydrogen-bond donors (Lipinski definition) is 6. The lowest BCUT2D eigenvalue weighted by Gasteiger charge is -2.55. The molecule has 1 spiro atoms. The van der Waals surface area contributed by atoms with Crippen molar-refractivity contribution in [1.82, 2.24) is 10.5 Å². The van der Waals surface area contributed by atoms with Gasteiger partial charge in [0.2, 0.25) is 5.78 Å². The number of rotatable bonds is 5. The van der Waals surface area contributed by atoms with Crippen LogP contribution in [-0.4, -0.2) is 110 Å². The molecule has 2 bridgehead atoms. The zero-order chi connectivity index (χ0) is 41.2. The normalized spacial score (nSPS) is 45.9. The first-order valence-corrected chi connectivity index (χ1v) is 19.4. The number of ether oxygens (including phenoxy) is 4. The molecule has 1 amide bonds. The zero-order valence-corrected chi connectivity index (χ0v) is 33.2. The first kappa shape index (κ1) is 41.9. The number of Topliss-reactive ketones (excluding diaryl/α,β-unsaturated/α-hetero) is 1.